The number of benzene rings is 3. The number of halogens is 1. The molecule has 2 amide bonds. The minimum atomic E-state index is -1.06. The van der Waals surface area contributed by atoms with Gasteiger partial charge in [0.15, 0.2) is 0 Å². The lowest BCUT2D eigenvalue weighted by Gasteiger charge is -2.17. The number of carbonyl (C=O) groups excluding carboxylic acids is 2. The van der Waals surface area contributed by atoms with E-state index < -0.39 is 17.8 Å². The summed E-state index contributed by atoms with van der Waals surface area (Å²) >= 11 is 6.16. The molecular formula is C21H13ClN2O4. The van der Waals surface area contributed by atoms with E-state index in [-0.39, 0.29) is 16.3 Å². The van der Waals surface area contributed by atoms with Crippen LogP contribution in [-0.2, 0) is 9.59 Å². The smallest absolute Gasteiger partial charge is 0.335 e. The van der Waals surface area contributed by atoms with E-state index in [0.717, 1.165) is 15.7 Å². The molecule has 0 radical (unpaired) electrons. The minimum Gasteiger partial charge on any atom is -0.478 e. The van der Waals surface area contributed by atoms with E-state index in [1.54, 1.807) is 12.1 Å². The Bertz CT molecular complexity index is 1160. The highest BCUT2D eigenvalue weighted by molar-refractivity contribution is 6.53. The fraction of sp³-hybridized carbons (Fsp3) is 0. The molecule has 28 heavy (non-hydrogen) atoms. The van der Waals surface area contributed by atoms with Gasteiger partial charge in [0.05, 0.1) is 11.3 Å². The first kappa shape index (κ1) is 17.8. The molecule has 0 aromatic heterocycles. The molecule has 3 aromatic rings. The summed E-state index contributed by atoms with van der Waals surface area (Å²) in [5.41, 5.74) is 0.947. The predicted octanol–water partition coefficient (Wildman–Crippen LogP) is 3.97. The molecule has 0 atom stereocenters. The third kappa shape index (κ3) is 2.90. The van der Waals surface area contributed by atoms with Crippen LogP contribution in [0.2, 0.25) is 0 Å². The minimum absolute atomic E-state index is 0.0531. The summed E-state index contributed by atoms with van der Waals surface area (Å²) in [5.74, 6) is -2.25. The summed E-state index contributed by atoms with van der Waals surface area (Å²) in [6.45, 7) is 0. The molecule has 1 aliphatic heterocycles. The van der Waals surface area contributed by atoms with E-state index in [1.165, 1.54) is 24.3 Å². The van der Waals surface area contributed by atoms with E-state index in [0.29, 0.717) is 11.4 Å². The predicted molar refractivity (Wildman–Crippen MR) is 106 cm³/mol. The lowest BCUT2D eigenvalue weighted by molar-refractivity contribution is -0.120. The third-order valence-corrected chi connectivity index (χ3v) is 4.79. The Morgan fingerprint density at radius 2 is 1.57 bits per heavy atom. The number of carboxylic acids is 1. The van der Waals surface area contributed by atoms with Crippen LogP contribution in [0.1, 0.15) is 10.4 Å². The highest BCUT2D eigenvalue weighted by Gasteiger charge is 2.39. The molecule has 1 aliphatic rings. The number of nitrogens with one attached hydrogen (secondary N) is 1. The van der Waals surface area contributed by atoms with Crippen molar-refractivity contribution in [3.8, 4) is 0 Å². The molecule has 7 heteroatoms. The van der Waals surface area contributed by atoms with Gasteiger partial charge in [-0.15, -0.1) is 0 Å². The van der Waals surface area contributed by atoms with E-state index in [2.05, 4.69) is 5.32 Å². The standard InChI is InChI=1S/C21H13ClN2O4/c22-17-18(23-14-10-8-13(9-11-14)21(27)28)20(26)24(19(17)25)16-7-3-5-12-4-1-2-6-15(12)16/h1-11,23H,(H,27,28). The van der Waals surface area contributed by atoms with Gasteiger partial charge in [-0.3, -0.25) is 9.59 Å². The molecule has 0 fully saturated rings. The van der Waals surface area contributed by atoms with Gasteiger partial charge in [-0.1, -0.05) is 48.0 Å². The Balaban J connectivity index is 1.68. The van der Waals surface area contributed by atoms with Gasteiger partial charge < -0.3 is 10.4 Å². The van der Waals surface area contributed by atoms with E-state index in [9.17, 15) is 14.4 Å². The third-order valence-electron chi connectivity index (χ3n) is 4.44. The van der Waals surface area contributed by atoms with Gasteiger partial charge in [0, 0.05) is 11.1 Å². The quantitative estimate of drug-likeness (QED) is 0.656. The summed E-state index contributed by atoms with van der Waals surface area (Å²) in [4.78, 5) is 37.7. The Kier molecular flexibility index (Phi) is 4.33. The number of aromatic carboxylic acids is 1. The van der Waals surface area contributed by atoms with Crippen LogP contribution in [0.25, 0.3) is 10.8 Å². The molecular weight excluding hydrogens is 380 g/mol. The number of rotatable bonds is 4. The largest absolute Gasteiger partial charge is 0.478 e. The highest BCUT2D eigenvalue weighted by Crippen LogP contribution is 2.34. The van der Waals surface area contributed by atoms with Gasteiger partial charge in [0.1, 0.15) is 10.7 Å². The molecule has 3 aromatic carbocycles. The van der Waals surface area contributed by atoms with Crippen molar-refractivity contribution in [1.29, 1.82) is 0 Å². The van der Waals surface area contributed by atoms with Gasteiger partial charge >= 0.3 is 5.97 Å². The van der Waals surface area contributed by atoms with Crippen LogP contribution >= 0.6 is 11.6 Å². The SMILES string of the molecule is O=C(O)c1ccc(NC2=C(Cl)C(=O)N(c3cccc4ccccc34)C2=O)cc1. The second-order valence-electron chi connectivity index (χ2n) is 6.14. The molecule has 6 nitrogen and oxygen atoms in total. The van der Waals surface area contributed by atoms with Crippen LogP contribution < -0.4 is 10.2 Å². The number of imide groups is 1. The first-order valence-corrected chi connectivity index (χ1v) is 8.72. The molecule has 2 N–H and O–H groups in total. The van der Waals surface area contributed by atoms with Crippen molar-refractivity contribution in [3.63, 3.8) is 0 Å². The maximum atomic E-state index is 13.0. The van der Waals surface area contributed by atoms with Crippen LogP contribution in [0.3, 0.4) is 0 Å². The Morgan fingerprint density at radius 1 is 0.893 bits per heavy atom. The first-order chi connectivity index (χ1) is 13.5. The molecule has 0 saturated carbocycles. The molecule has 0 unspecified atom stereocenters. The number of fused-ring (bicyclic) bond motifs is 1. The second kappa shape index (κ2) is 6.83. The summed E-state index contributed by atoms with van der Waals surface area (Å²) in [6, 6.07) is 18.5. The van der Waals surface area contributed by atoms with Crippen molar-refractivity contribution >= 4 is 51.5 Å². The topological polar surface area (TPSA) is 86.7 Å². The second-order valence-corrected chi connectivity index (χ2v) is 6.52. The van der Waals surface area contributed by atoms with Gasteiger partial charge in [0.2, 0.25) is 0 Å². The first-order valence-electron chi connectivity index (χ1n) is 8.34. The van der Waals surface area contributed by atoms with Crippen LogP contribution in [0.15, 0.2) is 77.5 Å². The molecule has 4 rings (SSSR count). The molecule has 0 saturated heterocycles. The number of carbonyl (C=O) groups is 3. The normalized spacial score (nSPS) is 14.1. The zero-order chi connectivity index (χ0) is 19.8. The molecule has 0 bridgehead atoms. The molecule has 0 spiro atoms. The summed E-state index contributed by atoms with van der Waals surface area (Å²) in [6.07, 6.45) is 0. The summed E-state index contributed by atoms with van der Waals surface area (Å²) in [7, 11) is 0. The number of hydrogen-bond acceptors (Lipinski definition) is 4. The number of hydrogen-bond donors (Lipinski definition) is 2. The van der Waals surface area contributed by atoms with Crippen LogP contribution in [0.5, 0.6) is 0 Å². The molecule has 1 heterocycles. The monoisotopic (exact) mass is 392 g/mol. The average Bonchev–Trinajstić information content (AvgIpc) is 2.91. The van der Waals surface area contributed by atoms with Gasteiger partial charge in [0.25, 0.3) is 11.8 Å². The van der Waals surface area contributed by atoms with Crippen LogP contribution in [0.4, 0.5) is 11.4 Å². The zero-order valence-corrected chi connectivity index (χ0v) is 15.1. The number of nitrogens with zero attached hydrogens (tertiary/aromatic N) is 1. The van der Waals surface area contributed by atoms with Crippen LogP contribution in [0, 0.1) is 0 Å². The van der Waals surface area contributed by atoms with Crippen molar-refractivity contribution in [2.45, 2.75) is 0 Å². The van der Waals surface area contributed by atoms with Crippen molar-refractivity contribution in [3.05, 3.63) is 83.0 Å². The summed E-state index contributed by atoms with van der Waals surface area (Å²) < 4.78 is 0. The zero-order valence-electron chi connectivity index (χ0n) is 14.3. The lowest BCUT2D eigenvalue weighted by Crippen LogP contribution is -2.32. The number of anilines is 2. The van der Waals surface area contributed by atoms with Crippen LogP contribution in [-0.4, -0.2) is 22.9 Å². The molecule has 138 valence electrons. The van der Waals surface area contributed by atoms with E-state index in [4.69, 9.17) is 16.7 Å². The maximum Gasteiger partial charge on any atom is 0.335 e. The van der Waals surface area contributed by atoms with Gasteiger partial charge in [-0.05, 0) is 35.7 Å². The van der Waals surface area contributed by atoms with Crippen molar-refractivity contribution in [2.24, 2.45) is 0 Å². The van der Waals surface area contributed by atoms with Gasteiger partial charge in [-0.2, -0.15) is 0 Å². The van der Waals surface area contributed by atoms with Gasteiger partial charge in [-0.25, -0.2) is 9.69 Å². The van der Waals surface area contributed by atoms with Crippen molar-refractivity contribution < 1.29 is 19.5 Å². The Morgan fingerprint density at radius 3 is 2.29 bits per heavy atom. The Labute approximate surface area is 164 Å². The maximum absolute atomic E-state index is 13.0. The fourth-order valence-electron chi connectivity index (χ4n) is 3.07. The molecule has 0 aliphatic carbocycles. The number of amides is 2. The van der Waals surface area contributed by atoms with Crippen molar-refractivity contribution in [1.82, 2.24) is 0 Å². The van der Waals surface area contributed by atoms with E-state index in [1.807, 2.05) is 30.3 Å². The van der Waals surface area contributed by atoms with Crippen molar-refractivity contribution in [2.75, 3.05) is 10.2 Å². The highest BCUT2D eigenvalue weighted by atomic mass is 35.5. The Hall–Kier alpha value is -3.64. The fourth-order valence-corrected chi connectivity index (χ4v) is 3.29. The lowest BCUT2D eigenvalue weighted by atomic mass is 10.1. The van der Waals surface area contributed by atoms with E-state index >= 15 is 0 Å². The average molecular weight is 393 g/mol. The number of carboxylic acid groups (broad SMARTS) is 1. The summed E-state index contributed by atoms with van der Waals surface area (Å²) in [5, 5.41) is 13.2.